The molecule has 1 saturated carbocycles. The van der Waals surface area contributed by atoms with Crippen LogP contribution in [-0.2, 0) is 15.7 Å². The van der Waals surface area contributed by atoms with Crippen LogP contribution >= 0.6 is 0 Å². The van der Waals surface area contributed by atoms with E-state index in [2.05, 4.69) is 10.2 Å². The molecule has 9 heteroatoms. The number of nitrogens with zero attached hydrogens (tertiary/aromatic N) is 2. The maximum Gasteiger partial charge on any atom is 0.416 e. The molecule has 0 bridgehead atoms. The van der Waals surface area contributed by atoms with Crippen LogP contribution in [-0.4, -0.2) is 73.5 Å². The number of hydrogen-bond acceptors (Lipinski definition) is 5. The van der Waals surface area contributed by atoms with Gasteiger partial charge in [-0.1, -0.05) is 12.5 Å². The monoisotopic (exact) mass is 427 g/mol. The highest BCUT2D eigenvalue weighted by atomic mass is 19.4. The number of anilines is 1. The fourth-order valence-electron chi connectivity index (χ4n) is 4.26. The Morgan fingerprint density at radius 2 is 1.93 bits per heavy atom. The molecule has 2 N–H and O–H groups in total. The smallest absolute Gasteiger partial charge is 0.388 e. The lowest BCUT2D eigenvalue weighted by Gasteiger charge is -2.37. The van der Waals surface area contributed by atoms with Crippen LogP contribution in [0.25, 0.3) is 0 Å². The van der Waals surface area contributed by atoms with E-state index in [-0.39, 0.29) is 24.0 Å². The predicted molar refractivity (Wildman–Crippen MR) is 105 cm³/mol. The number of nitrogens with one attached hydrogen (secondary N) is 1. The first kappa shape index (κ1) is 21.4. The first-order valence-corrected chi connectivity index (χ1v) is 10.6. The van der Waals surface area contributed by atoms with Crippen LogP contribution in [0.4, 0.5) is 18.9 Å². The number of carbonyl (C=O) groups is 1. The van der Waals surface area contributed by atoms with E-state index in [0.717, 1.165) is 25.3 Å². The highest BCUT2D eigenvalue weighted by Crippen LogP contribution is 2.32. The van der Waals surface area contributed by atoms with Crippen molar-refractivity contribution in [2.75, 3.05) is 44.2 Å². The predicted octanol–water partition coefficient (Wildman–Crippen LogP) is 1.87. The summed E-state index contributed by atoms with van der Waals surface area (Å²) in [6.45, 7) is 3.38. The van der Waals surface area contributed by atoms with E-state index in [1.54, 1.807) is 6.07 Å². The van der Waals surface area contributed by atoms with Gasteiger partial charge in [0.25, 0.3) is 0 Å². The van der Waals surface area contributed by atoms with Gasteiger partial charge in [0, 0.05) is 44.3 Å². The fourth-order valence-corrected chi connectivity index (χ4v) is 4.26. The molecule has 4 rings (SSSR count). The number of halogens is 3. The molecule has 0 spiro atoms. The van der Waals surface area contributed by atoms with Crippen molar-refractivity contribution in [3.8, 4) is 0 Å². The highest BCUT2D eigenvalue weighted by molar-refractivity contribution is 5.79. The standard InChI is InChI=1S/C21H28F3N3O3/c22-21(23,24)15-5-2-6-16(11-15)27-9-7-26(8-10-27)12-18-19(28)17(13-30-18)25-20(29)14-3-1-4-14/h2,5-6,11,14,17-19,28H,1,3-4,7-10,12-13H2,(H,25,29). The Bertz CT molecular complexity index is 749. The van der Waals surface area contributed by atoms with Gasteiger partial charge in [-0.05, 0) is 31.0 Å². The number of rotatable bonds is 5. The van der Waals surface area contributed by atoms with E-state index < -0.39 is 17.8 Å². The fraction of sp³-hybridized carbons (Fsp3) is 0.667. The Balaban J connectivity index is 1.25. The second-order valence-corrected chi connectivity index (χ2v) is 8.44. The van der Waals surface area contributed by atoms with Gasteiger partial charge in [-0.25, -0.2) is 0 Å². The summed E-state index contributed by atoms with van der Waals surface area (Å²) in [5.41, 5.74) is -0.0692. The third-order valence-corrected chi connectivity index (χ3v) is 6.44. The van der Waals surface area contributed by atoms with Gasteiger partial charge in [0.05, 0.1) is 24.3 Å². The minimum atomic E-state index is -4.35. The largest absolute Gasteiger partial charge is 0.416 e. The lowest BCUT2D eigenvalue weighted by atomic mass is 9.84. The van der Waals surface area contributed by atoms with E-state index in [4.69, 9.17) is 4.74 Å². The Kier molecular flexibility index (Phi) is 6.22. The number of carbonyl (C=O) groups excluding carboxylic acids is 1. The number of ether oxygens (including phenoxy) is 1. The van der Waals surface area contributed by atoms with Gasteiger partial charge < -0.3 is 20.1 Å². The molecule has 0 radical (unpaired) electrons. The molecule has 1 aromatic carbocycles. The molecule has 3 fully saturated rings. The Morgan fingerprint density at radius 3 is 2.57 bits per heavy atom. The number of hydrogen-bond donors (Lipinski definition) is 2. The van der Waals surface area contributed by atoms with E-state index in [0.29, 0.717) is 45.0 Å². The van der Waals surface area contributed by atoms with E-state index in [9.17, 15) is 23.1 Å². The molecule has 0 aromatic heterocycles. The highest BCUT2D eigenvalue weighted by Gasteiger charge is 2.39. The summed E-state index contributed by atoms with van der Waals surface area (Å²) in [4.78, 5) is 16.2. The van der Waals surface area contributed by atoms with Crippen molar-refractivity contribution in [2.24, 2.45) is 5.92 Å². The third-order valence-electron chi connectivity index (χ3n) is 6.44. The number of aliphatic hydroxyl groups excluding tert-OH is 1. The molecule has 6 nitrogen and oxygen atoms in total. The summed E-state index contributed by atoms with van der Waals surface area (Å²) < 4.78 is 44.6. The first-order valence-electron chi connectivity index (χ1n) is 10.6. The van der Waals surface area contributed by atoms with Gasteiger partial charge >= 0.3 is 6.18 Å². The summed E-state index contributed by atoms with van der Waals surface area (Å²) in [5.74, 6) is 0.0735. The van der Waals surface area contributed by atoms with Crippen molar-refractivity contribution in [3.63, 3.8) is 0 Å². The van der Waals surface area contributed by atoms with Crippen molar-refractivity contribution in [1.82, 2.24) is 10.2 Å². The quantitative estimate of drug-likeness (QED) is 0.751. The maximum atomic E-state index is 12.9. The second-order valence-electron chi connectivity index (χ2n) is 8.44. The zero-order valence-electron chi connectivity index (χ0n) is 16.8. The van der Waals surface area contributed by atoms with Crippen LogP contribution in [0.1, 0.15) is 24.8 Å². The van der Waals surface area contributed by atoms with E-state index >= 15 is 0 Å². The van der Waals surface area contributed by atoms with E-state index in [1.807, 2.05) is 4.90 Å². The molecule has 3 aliphatic rings. The molecule has 3 unspecified atom stereocenters. The van der Waals surface area contributed by atoms with Crippen LogP contribution in [0.15, 0.2) is 24.3 Å². The van der Waals surface area contributed by atoms with Crippen LogP contribution < -0.4 is 10.2 Å². The maximum absolute atomic E-state index is 12.9. The molecule has 1 aromatic rings. The Morgan fingerprint density at radius 1 is 1.20 bits per heavy atom. The summed E-state index contributed by atoms with van der Waals surface area (Å²) in [7, 11) is 0. The number of piperazine rings is 1. The van der Waals surface area contributed by atoms with Crippen molar-refractivity contribution in [3.05, 3.63) is 29.8 Å². The van der Waals surface area contributed by atoms with Gasteiger partial charge in [0.15, 0.2) is 0 Å². The summed E-state index contributed by atoms with van der Waals surface area (Å²) in [6.07, 6.45) is -2.58. The number of aliphatic hydroxyl groups is 1. The summed E-state index contributed by atoms with van der Waals surface area (Å²) >= 11 is 0. The molecule has 1 aliphatic carbocycles. The topological polar surface area (TPSA) is 65.0 Å². The third kappa shape index (κ3) is 4.73. The minimum absolute atomic E-state index is 0.00394. The van der Waals surface area contributed by atoms with Crippen LogP contribution in [0.5, 0.6) is 0 Å². The van der Waals surface area contributed by atoms with Crippen molar-refractivity contribution < 1.29 is 27.8 Å². The molecule has 2 aliphatic heterocycles. The average molecular weight is 427 g/mol. The lowest BCUT2D eigenvalue weighted by Crippen LogP contribution is -2.52. The number of alkyl halides is 3. The Hall–Kier alpha value is -1.84. The van der Waals surface area contributed by atoms with Crippen molar-refractivity contribution >= 4 is 11.6 Å². The average Bonchev–Trinajstić information content (AvgIpc) is 3.00. The number of amides is 1. The minimum Gasteiger partial charge on any atom is -0.388 e. The van der Waals surface area contributed by atoms with Crippen LogP contribution in [0.2, 0.25) is 0 Å². The molecule has 166 valence electrons. The number of benzene rings is 1. The van der Waals surface area contributed by atoms with Crippen LogP contribution in [0.3, 0.4) is 0 Å². The SMILES string of the molecule is O=C(NC1COC(CN2CCN(c3cccc(C(F)(F)F)c3)CC2)C1O)C1CCC1. The summed E-state index contributed by atoms with van der Waals surface area (Å²) in [5, 5.41) is 13.5. The summed E-state index contributed by atoms with van der Waals surface area (Å²) in [6, 6.07) is 5.03. The van der Waals surface area contributed by atoms with Crippen LogP contribution in [0, 0.1) is 5.92 Å². The molecular formula is C21H28F3N3O3. The van der Waals surface area contributed by atoms with Gasteiger partial charge in [0.2, 0.25) is 5.91 Å². The Labute approximate surface area is 174 Å². The molecule has 1 amide bonds. The van der Waals surface area contributed by atoms with Gasteiger partial charge in [-0.2, -0.15) is 13.2 Å². The molecule has 2 heterocycles. The lowest BCUT2D eigenvalue weighted by molar-refractivity contribution is -0.137. The zero-order valence-corrected chi connectivity index (χ0v) is 16.8. The van der Waals surface area contributed by atoms with Gasteiger partial charge in [0.1, 0.15) is 6.10 Å². The van der Waals surface area contributed by atoms with Gasteiger partial charge in [-0.3, -0.25) is 9.69 Å². The van der Waals surface area contributed by atoms with Crippen molar-refractivity contribution in [2.45, 2.75) is 43.7 Å². The normalized spacial score (nSPS) is 28.4. The molecule has 3 atom stereocenters. The van der Waals surface area contributed by atoms with Crippen molar-refractivity contribution in [1.29, 1.82) is 0 Å². The first-order chi connectivity index (χ1) is 14.3. The van der Waals surface area contributed by atoms with Gasteiger partial charge in [-0.15, -0.1) is 0 Å². The molecule has 2 saturated heterocycles. The zero-order chi connectivity index (χ0) is 21.3. The molecule has 30 heavy (non-hydrogen) atoms. The van der Waals surface area contributed by atoms with E-state index in [1.165, 1.54) is 12.1 Å². The second kappa shape index (κ2) is 8.72. The molecular weight excluding hydrogens is 399 g/mol.